The summed E-state index contributed by atoms with van der Waals surface area (Å²) in [7, 11) is 0. The molecule has 1 atom stereocenters. The molecule has 0 bridgehead atoms. The molecule has 0 aliphatic rings. The Morgan fingerprint density at radius 2 is 1.16 bits per heavy atom. The van der Waals surface area contributed by atoms with Crippen LogP contribution in [0.3, 0.4) is 0 Å². The summed E-state index contributed by atoms with van der Waals surface area (Å²) < 4.78 is 14.9. The molecule has 0 aromatic rings. The Balaban J connectivity index is 3.44. The molecule has 0 rings (SSSR count). The van der Waals surface area contributed by atoms with E-state index < -0.39 is 18.2 Å². The van der Waals surface area contributed by atoms with Crippen molar-refractivity contribution in [3.63, 3.8) is 0 Å². The van der Waals surface area contributed by atoms with Crippen molar-refractivity contribution < 1.29 is 23.8 Å². The Morgan fingerprint density at radius 1 is 0.680 bits per heavy atom. The number of esters is 1. The summed E-state index contributed by atoms with van der Waals surface area (Å²) >= 11 is 0. The van der Waals surface area contributed by atoms with Gasteiger partial charge in [0.1, 0.15) is 0 Å². The van der Waals surface area contributed by atoms with Crippen LogP contribution in [0, 0.1) is 0 Å². The molecule has 0 saturated carbocycles. The number of rotatable bonds is 16. The van der Waals surface area contributed by atoms with Crippen molar-refractivity contribution >= 4 is 12.1 Å². The number of unbranched alkanes of at least 4 members (excludes halogenated alkanes) is 10. The number of ether oxygens (including phenoxy) is 3. The van der Waals surface area contributed by atoms with Gasteiger partial charge in [0.2, 0.25) is 0 Å². The van der Waals surface area contributed by atoms with E-state index in [0.29, 0.717) is 13.2 Å². The SMILES string of the molecule is CCCCCCCCCCCCOC(=O)OC(C)C(=O)OCCCC. The second-order valence-electron chi connectivity index (χ2n) is 6.56. The first-order chi connectivity index (χ1) is 12.1. The zero-order chi connectivity index (χ0) is 18.8. The van der Waals surface area contributed by atoms with Crippen LogP contribution in [0.5, 0.6) is 0 Å². The topological polar surface area (TPSA) is 61.8 Å². The Kier molecular flexibility index (Phi) is 16.7. The van der Waals surface area contributed by atoms with Crippen LogP contribution in [0.4, 0.5) is 4.79 Å². The van der Waals surface area contributed by atoms with Crippen LogP contribution in [0.1, 0.15) is 97.8 Å². The summed E-state index contributed by atoms with van der Waals surface area (Å²) in [6.07, 6.45) is 12.3. The third-order valence-corrected chi connectivity index (χ3v) is 4.06. The van der Waals surface area contributed by atoms with Crippen molar-refractivity contribution in [2.75, 3.05) is 13.2 Å². The summed E-state index contributed by atoms with van der Waals surface area (Å²) in [5.74, 6) is -0.524. The quantitative estimate of drug-likeness (QED) is 0.258. The Hall–Kier alpha value is -1.26. The summed E-state index contributed by atoms with van der Waals surface area (Å²) in [6, 6.07) is 0. The summed E-state index contributed by atoms with van der Waals surface area (Å²) in [4.78, 5) is 23.1. The second-order valence-corrected chi connectivity index (χ2v) is 6.56. The number of carbonyl (C=O) groups is 2. The zero-order valence-corrected chi connectivity index (χ0v) is 16.5. The number of hydrogen-bond acceptors (Lipinski definition) is 5. The van der Waals surface area contributed by atoms with Gasteiger partial charge >= 0.3 is 12.1 Å². The van der Waals surface area contributed by atoms with Crippen LogP contribution in [-0.4, -0.2) is 31.4 Å². The molecule has 1 unspecified atom stereocenters. The largest absolute Gasteiger partial charge is 0.509 e. The van der Waals surface area contributed by atoms with Gasteiger partial charge in [-0.05, 0) is 19.8 Å². The van der Waals surface area contributed by atoms with Gasteiger partial charge in [0, 0.05) is 0 Å². The van der Waals surface area contributed by atoms with Gasteiger partial charge in [-0.15, -0.1) is 0 Å². The maximum atomic E-state index is 11.6. The molecule has 0 saturated heterocycles. The zero-order valence-electron chi connectivity index (χ0n) is 16.5. The van der Waals surface area contributed by atoms with Crippen LogP contribution in [0.25, 0.3) is 0 Å². The minimum atomic E-state index is -0.919. The molecule has 0 heterocycles. The fourth-order valence-electron chi connectivity index (χ4n) is 2.41. The van der Waals surface area contributed by atoms with Gasteiger partial charge in [0.25, 0.3) is 0 Å². The highest BCUT2D eigenvalue weighted by atomic mass is 16.7. The molecule has 0 amide bonds. The van der Waals surface area contributed by atoms with Gasteiger partial charge in [-0.25, -0.2) is 9.59 Å². The molecular weight excluding hydrogens is 320 g/mol. The van der Waals surface area contributed by atoms with E-state index in [1.54, 1.807) is 0 Å². The first kappa shape index (κ1) is 23.7. The molecule has 0 aromatic heterocycles. The maximum Gasteiger partial charge on any atom is 0.509 e. The lowest BCUT2D eigenvalue weighted by Gasteiger charge is -2.12. The molecule has 0 spiro atoms. The van der Waals surface area contributed by atoms with Crippen molar-refractivity contribution in [1.29, 1.82) is 0 Å². The monoisotopic (exact) mass is 358 g/mol. The third-order valence-electron chi connectivity index (χ3n) is 4.06. The summed E-state index contributed by atoms with van der Waals surface area (Å²) in [5.41, 5.74) is 0. The van der Waals surface area contributed by atoms with E-state index in [4.69, 9.17) is 14.2 Å². The lowest BCUT2D eigenvalue weighted by molar-refractivity contribution is -0.154. The maximum absolute atomic E-state index is 11.6. The third kappa shape index (κ3) is 16.0. The number of hydrogen-bond donors (Lipinski definition) is 0. The van der Waals surface area contributed by atoms with E-state index in [9.17, 15) is 9.59 Å². The minimum absolute atomic E-state index is 0.340. The Labute approximate surface area is 153 Å². The van der Waals surface area contributed by atoms with Crippen molar-refractivity contribution in [2.45, 2.75) is 104 Å². The van der Waals surface area contributed by atoms with Gasteiger partial charge in [-0.2, -0.15) is 0 Å². The number of carbonyl (C=O) groups excluding carboxylic acids is 2. The molecular formula is C20H38O5. The highest BCUT2D eigenvalue weighted by molar-refractivity contribution is 5.76. The molecule has 0 aliphatic heterocycles. The van der Waals surface area contributed by atoms with Crippen molar-refractivity contribution in [2.24, 2.45) is 0 Å². The van der Waals surface area contributed by atoms with E-state index in [0.717, 1.165) is 25.7 Å². The average molecular weight is 359 g/mol. The standard InChI is InChI=1S/C20H38O5/c1-4-6-8-9-10-11-12-13-14-15-17-24-20(22)25-18(3)19(21)23-16-7-5-2/h18H,4-17H2,1-3H3. The predicted molar refractivity (Wildman–Crippen MR) is 99.6 cm³/mol. The van der Waals surface area contributed by atoms with Crippen molar-refractivity contribution in [3.8, 4) is 0 Å². The molecule has 0 N–H and O–H groups in total. The molecule has 148 valence electrons. The highest BCUT2D eigenvalue weighted by Crippen LogP contribution is 2.10. The van der Waals surface area contributed by atoms with Gasteiger partial charge in [0.15, 0.2) is 6.10 Å². The minimum Gasteiger partial charge on any atom is -0.463 e. The molecule has 0 aliphatic carbocycles. The molecule has 0 radical (unpaired) electrons. The molecule has 0 aromatic carbocycles. The van der Waals surface area contributed by atoms with E-state index in [1.165, 1.54) is 58.3 Å². The molecule has 5 heteroatoms. The highest BCUT2D eigenvalue weighted by Gasteiger charge is 2.19. The van der Waals surface area contributed by atoms with E-state index in [1.807, 2.05) is 6.92 Å². The van der Waals surface area contributed by atoms with Crippen LogP contribution in [0.2, 0.25) is 0 Å². The van der Waals surface area contributed by atoms with Crippen molar-refractivity contribution in [1.82, 2.24) is 0 Å². The van der Waals surface area contributed by atoms with Crippen LogP contribution < -0.4 is 0 Å². The van der Waals surface area contributed by atoms with Crippen molar-refractivity contribution in [3.05, 3.63) is 0 Å². The lowest BCUT2D eigenvalue weighted by atomic mass is 10.1. The van der Waals surface area contributed by atoms with E-state index in [-0.39, 0.29) is 0 Å². The lowest BCUT2D eigenvalue weighted by Crippen LogP contribution is -2.27. The second kappa shape index (κ2) is 17.6. The first-order valence-electron chi connectivity index (χ1n) is 10.1. The smallest absolute Gasteiger partial charge is 0.463 e. The Bertz CT molecular complexity index is 330. The van der Waals surface area contributed by atoms with Crippen LogP contribution in [0.15, 0.2) is 0 Å². The van der Waals surface area contributed by atoms with Gasteiger partial charge in [0.05, 0.1) is 13.2 Å². The van der Waals surface area contributed by atoms with Gasteiger partial charge in [-0.1, -0.05) is 78.1 Å². The summed E-state index contributed by atoms with van der Waals surface area (Å²) in [6.45, 7) is 6.44. The van der Waals surface area contributed by atoms with E-state index in [2.05, 4.69) is 6.92 Å². The van der Waals surface area contributed by atoms with Crippen LogP contribution >= 0.6 is 0 Å². The Morgan fingerprint density at radius 3 is 1.72 bits per heavy atom. The molecule has 5 nitrogen and oxygen atoms in total. The van der Waals surface area contributed by atoms with Crippen LogP contribution in [-0.2, 0) is 19.0 Å². The van der Waals surface area contributed by atoms with Gasteiger partial charge in [-0.3, -0.25) is 0 Å². The molecule has 25 heavy (non-hydrogen) atoms. The fraction of sp³-hybridized carbons (Fsp3) is 0.900. The first-order valence-corrected chi connectivity index (χ1v) is 10.1. The van der Waals surface area contributed by atoms with Gasteiger partial charge < -0.3 is 14.2 Å². The normalized spacial score (nSPS) is 11.8. The molecule has 0 fully saturated rings. The predicted octanol–water partition coefficient (Wildman–Crippen LogP) is 5.79. The van der Waals surface area contributed by atoms with E-state index >= 15 is 0 Å². The fourth-order valence-corrected chi connectivity index (χ4v) is 2.41. The average Bonchev–Trinajstić information content (AvgIpc) is 2.59. The summed E-state index contributed by atoms with van der Waals surface area (Å²) in [5, 5.41) is 0.